The van der Waals surface area contributed by atoms with Crippen LogP contribution in [0.5, 0.6) is 0 Å². The van der Waals surface area contributed by atoms with Gasteiger partial charge in [0, 0.05) is 6.42 Å². The minimum atomic E-state index is -2.95. The Morgan fingerprint density at radius 1 is 1.50 bits per heavy atom. The minimum Gasteiger partial charge on any atom is -0.350 e. The van der Waals surface area contributed by atoms with Crippen LogP contribution in [0, 0.1) is 5.92 Å². The fraction of sp³-hybridized carbons (Fsp3) is 0.900. The van der Waals surface area contributed by atoms with Crippen LogP contribution in [0.2, 0.25) is 0 Å². The summed E-state index contributed by atoms with van der Waals surface area (Å²) in [6.07, 6.45) is 1.03. The summed E-state index contributed by atoms with van der Waals surface area (Å²) in [7, 11) is -2.95. The summed E-state index contributed by atoms with van der Waals surface area (Å²) in [4.78, 5) is 11.7. The summed E-state index contributed by atoms with van der Waals surface area (Å²) >= 11 is 0. The van der Waals surface area contributed by atoms with E-state index in [0.29, 0.717) is 18.8 Å². The zero-order valence-electron chi connectivity index (χ0n) is 9.45. The highest BCUT2D eigenvalue weighted by Gasteiger charge is 2.39. The SMILES string of the molecule is CC1(NC(=O)CC2CNC2)CCS(=O)(=O)C1. The molecule has 0 radical (unpaired) electrons. The molecule has 2 fully saturated rings. The first-order valence-corrected chi connectivity index (χ1v) is 7.43. The van der Waals surface area contributed by atoms with E-state index in [4.69, 9.17) is 0 Å². The molecule has 92 valence electrons. The Hall–Kier alpha value is -0.620. The predicted octanol–water partition coefficient (Wildman–Crippen LogP) is -0.711. The molecule has 16 heavy (non-hydrogen) atoms. The van der Waals surface area contributed by atoms with E-state index in [2.05, 4.69) is 10.6 Å². The molecule has 1 unspecified atom stereocenters. The van der Waals surface area contributed by atoms with Gasteiger partial charge in [-0.25, -0.2) is 8.42 Å². The first-order chi connectivity index (χ1) is 7.39. The van der Waals surface area contributed by atoms with Gasteiger partial charge in [-0.3, -0.25) is 4.79 Å². The highest BCUT2D eigenvalue weighted by Crippen LogP contribution is 2.23. The van der Waals surface area contributed by atoms with E-state index in [1.807, 2.05) is 6.92 Å². The lowest BCUT2D eigenvalue weighted by atomic mass is 9.97. The van der Waals surface area contributed by atoms with Gasteiger partial charge in [0.05, 0.1) is 17.0 Å². The number of sulfone groups is 1. The van der Waals surface area contributed by atoms with E-state index < -0.39 is 15.4 Å². The van der Waals surface area contributed by atoms with E-state index in [1.165, 1.54) is 0 Å². The van der Waals surface area contributed by atoms with E-state index in [9.17, 15) is 13.2 Å². The molecule has 2 aliphatic heterocycles. The van der Waals surface area contributed by atoms with Crippen molar-refractivity contribution < 1.29 is 13.2 Å². The number of hydrogen-bond donors (Lipinski definition) is 2. The van der Waals surface area contributed by atoms with Crippen molar-refractivity contribution >= 4 is 15.7 Å². The van der Waals surface area contributed by atoms with Gasteiger partial charge in [-0.1, -0.05) is 0 Å². The van der Waals surface area contributed by atoms with Crippen LogP contribution < -0.4 is 10.6 Å². The van der Waals surface area contributed by atoms with Gasteiger partial charge in [0.25, 0.3) is 0 Å². The molecular formula is C10H18N2O3S. The fourth-order valence-corrected chi connectivity index (χ4v) is 4.34. The van der Waals surface area contributed by atoms with Crippen LogP contribution in [0.3, 0.4) is 0 Å². The Kier molecular flexibility index (Phi) is 2.96. The number of amides is 1. The largest absolute Gasteiger partial charge is 0.350 e. The molecule has 0 aromatic carbocycles. The summed E-state index contributed by atoms with van der Waals surface area (Å²) in [6, 6.07) is 0. The lowest BCUT2D eigenvalue weighted by Crippen LogP contribution is -2.50. The van der Waals surface area contributed by atoms with Gasteiger partial charge in [0.2, 0.25) is 5.91 Å². The molecular weight excluding hydrogens is 228 g/mol. The second-order valence-electron chi connectivity index (χ2n) is 5.18. The Labute approximate surface area is 95.9 Å². The minimum absolute atomic E-state index is 0.0221. The monoisotopic (exact) mass is 246 g/mol. The molecule has 0 aromatic rings. The third-order valence-corrected chi connectivity index (χ3v) is 5.19. The first kappa shape index (κ1) is 11.9. The van der Waals surface area contributed by atoms with Crippen molar-refractivity contribution in [3.8, 4) is 0 Å². The zero-order chi connectivity index (χ0) is 11.8. The molecule has 0 bridgehead atoms. The van der Waals surface area contributed by atoms with Crippen molar-refractivity contribution in [1.29, 1.82) is 0 Å². The molecule has 0 saturated carbocycles. The first-order valence-electron chi connectivity index (χ1n) is 5.61. The van der Waals surface area contributed by atoms with Crippen molar-refractivity contribution in [1.82, 2.24) is 10.6 Å². The lowest BCUT2D eigenvalue weighted by molar-refractivity contribution is -0.123. The third-order valence-electron chi connectivity index (χ3n) is 3.28. The molecule has 1 atom stereocenters. The number of hydrogen-bond acceptors (Lipinski definition) is 4. The molecule has 0 aliphatic carbocycles. The molecule has 0 aromatic heterocycles. The molecule has 0 spiro atoms. The van der Waals surface area contributed by atoms with Gasteiger partial charge < -0.3 is 10.6 Å². The number of carbonyl (C=O) groups is 1. The Balaban J connectivity index is 1.86. The van der Waals surface area contributed by atoms with Crippen LogP contribution in [0.1, 0.15) is 19.8 Å². The van der Waals surface area contributed by atoms with E-state index in [-0.39, 0.29) is 17.4 Å². The van der Waals surface area contributed by atoms with Gasteiger partial charge in [-0.2, -0.15) is 0 Å². The van der Waals surface area contributed by atoms with E-state index >= 15 is 0 Å². The summed E-state index contributed by atoms with van der Waals surface area (Å²) < 4.78 is 22.7. The topological polar surface area (TPSA) is 75.3 Å². The molecule has 1 amide bonds. The normalized spacial score (nSPS) is 33.3. The molecule has 2 N–H and O–H groups in total. The van der Waals surface area contributed by atoms with Crippen molar-refractivity contribution in [2.75, 3.05) is 24.6 Å². The Morgan fingerprint density at radius 3 is 2.62 bits per heavy atom. The fourth-order valence-electron chi connectivity index (χ4n) is 2.25. The Bertz CT molecular complexity index is 389. The zero-order valence-corrected chi connectivity index (χ0v) is 10.3. The van der Waals surface area contributed by atoms with Gasteiger partial charge in [-0.15, -0.1) is 0 Å². The molecule has 6 heteroatoms. The van der Waals surface area contributed by atoms with Crippen LogP contribution in [0.25, 0.3) is 0 Å². The maximum atomic E-state index is 11.7. The van der Waals surface area contributed by atoms with Gasteiger partial charge in [-0.05, 0) is 32.4 Å². The highest BCUT2D eigenvalue weighted by atomic mass is 32.2. The van der Waals surface area contributed by atoms with E-state index in [1.54, 1.807) is 0 Å². The molecule has 2 aliphatic rings. The Morgan fingerprint density at radius 2 is 2.19 bits per heavy atom. The summed E-state index contributed by atoms with van der Waals surface area (Å²) in [5.41, 5.74) is -0.549. The standard InChI is InChI=1S/C10H18N2O3S/c1-10(2-3-16(14,15)7-10)12-9(13)4-8-5-11-6-8/h8,11H,2-7H2,1H3,(H,12,13). The second kappa shape index (κ2) is 4.00. The smallest absolute Gasteiger partial charge is 0.220 e. The highest BCUT2D eigenvalue weighted by molar-refractivity contribution is 7.91. The van der Waals surface area contributed by atoms with Gasteiger partial charge in [0.1, 0.15) is 0 Å². The quantitative estimate of drug-likeness (QED) is 0.690. The van der Waals surface area contributed by atoms with Gasteiger partial charge >= 0.3 is 0 Å². The van der Waals surface area contributed by atoms with Crippen molar-refractivity contribution in [3.05, 3.63) is 0 Å². The maximum absolute atomic E-state index is 11.7. The van der Waals surface area contributed by atoms with E-state index in [0.717, 1.165) is 13.1 Å². The third kappa shape index (κ3) is 2.74. The summed E-state index contributed by atoms with van der Waals surface area (Å²) in [5.74, 6) is 0.663. The van der Waals surface area contributed by atoms with Crippen LogP contribution in [0.15, 0.2) is 0 Å². The average Bonchev–Trinajstić information content (AvgIpc) is 2.33. The number of nitrogens with one attached hydrogen (secondary N) is 2. The lowest BCUT2D eigenvalue weighted by Gasteiger charge is -2.29. The molecule has 2 saturated heterocycles. The predicted molar refractivity (Wildman–Crippen MR) is 60.8 cm³/mol. The average molecular weight is 246 g/mol. The molecule has 5 nitrogen and oxygen atoms in total. The van der Waals surface area contributed by atoms with Crippen LogP contribution in [-0.4, -0.2) is 44.5 Å². The molecule has 2 rings (SSSR count). The van der Waals surface area contributed by atoms with Gasteiger partial charge in [0.15, 0.2) is 9.84 Å². The van der Waals surface area contributed by atoms with Crippen LogP contribution in [0.4, 0.5) is 0 Å². The van der Waals surface area contributed by atoms with Crippen LogP contribution in [-0.2, 0) is 14.6 Å². The summed E-state index contributed by atoms with van der Waals surface area (Å²) in [6.45, 7) is 3.60. The molecule has 2 heterocycles. The number of rotatable bonds is 3. The maximum Gasteiger partial charge on any atom is 0.220 e. The summed E-state index contributed by atoms with van der Waals surface area (Å²) in [5, 5.41) is 5.97. The second-order valence-corrected chi connectivity index (χ2v) is 7.36. The number of carbonyl (C=O) groups excluding carboxylic acids is 1. The van der Waals surface area contributed by atoms with Crippen molar-refractivity contribution in [2.24, 2.45) is 5.92 Å². The van der Waals surface area contributed by atoms with Crippen molar-refractivity contribution in [2.45, 2.75) is 25.3 Å². The van der Waals surface area contributed by atoms with Crippen LogP contribution >= 0.6 is 0 Å². The van der Waals surface area contributed by atoms with Crippen molar-refractivity contribution in [3.63, 3.8) is 0 Å².